The lowest BCUT2D eigenvalue weighted by Gasteiger charge is -2.24. The molecule has 1 aromatic heterocycles. The standard InChI is InChI=1S/C22H27N3OS3/c1-5-24(6-2)14-15-25(21(26)16-10-12-17(27-3)13-11-16)22-23-20-18(28-4)8-7-9-19(20)29-22/h7-13H,5-6,14-15H2,1-4H3. The first-order valence-electron chi connectivity index (χ1n) is 9.73. The Hall–Kier alpha value is -1.54. The number of thiazole rings is 1. The summed E-state index contributed by atoms with van der Waals surface area (Å²) in [7, 11) is 0. The third-order valence-corrected chi connectivity index (χ3v) is 7.49. The van der Waals surface area contributed by atoms with Crippen LogP contribution in [0.4, 0.5) is 5.13 Å². The normalized spacial score (nSPS) is 11.3. The summed E-state index contributed by atoms with van der Waals surface area (Å²) in [5.74, 6) is 0.00886. The lowest BCUT2D eigenvalue weighted by atomic mass is 10.2. The van der Waals surface area contributed by atoms with E-state index in [0.29, 0.717) is 12.1 Å². The molecule has 2 aromatic carbocycles. The van der Waals surface area contributed by atoms with Gasteiger partial charge in [0.05, 0.1) is 10.2 Å². The number of carbonyl (C=O) groups excluding carboxylic acids is 1. The maximum absolute atomic E-state index is 13.4. The number of rotatable bonds is 9. The number of carbonyl (C=O) groups is 1. The summed E-state index contributed by atoms with van der Waals surface area (Å²) in [6, 6.07) is 14.1. The zero-order chi connectivity index (χ0) is 20.8. The third-order valence-electron chi connectivity index (χ3n) is 4.94. The first-order chi connectivity index (χ1) is 14.1. The van der Waals surface area contributed by atoms with Gasteiger partial charge < -0.3 is 4.90 Å². The van der Waals surface area contributed by atoms with Gasteiger partial charge in [-0.3, -0.25) is 9.69 Å². The third kappa shape index (κ3) is 5.15. The van der Waals surface area contributed by atoms with E-state index in [-0.39, 0.29) is 5.91 Å². The summed E-state index contributed by atoms with van der Waals surface area (Å²) in [5.41, 5.74) is 1.69. The number of thioether (sulfide) groups is 2. The van der Waals surface area contributed by atoms with Gasteiger partial charge >= 0.3 is 0 Å². The van der Waals surface area contributed by atoms with Crippen LogP contribution in [0.25, 0.3) is 10.2 Å². The quantitative estimate of drug-likeness (QED) is 0.393. The molecule has 3 aromatic rings. The highest BCUT2D eigenvalue weighted by atomic mass is 32.2. The van der Waals surface area contributed by atoms with Gasteiger partial charge in [0.1, 0.15) is 0 Å². The van der Waals surface area contributed by atoms with Crippen molar-refractivity contribution in [2.75, 3.05) is 43.6 Å². The minimum absolute atomic E-state index is 0.00886. The first kappa shape index (κ1) is 22.2. The molecule has 0 saturated heterocycles. The molecule has 0 bridgehead atoms. The molecule has 0 aliphatic rings. The van der Waals surface area contributed by atoms with Crippen molar-refractivity contribution in [1.82, 2.24) is 9.88 Å². The molecular formula is C22H27N3OS3. The number of aromatic nitrogens is 1. The molecule has 154 valence electrons. The molecule has 3 rings (SSSR count). The minimum Gasteiger partial charge on any atom is -0.302 e. The highest BCUT2D eigenvalue weighted by Gasteiger charge is 2.22. The second-order valence-corrected chi connectivity index (χ2v) is 9.25. The Kier molecular flexibility index (Phi) is 8.00. The van der Waals surface area contributed by atoms with Gasteiger partial charge in [-0.2, -0.15) is 0 Å². The maximum Gasteiger partial charge on any atom is 0.260 e. The Labute approximate surface area is 185 Å². The van der Waals surface area contributed by atoms with Crippen LogP contribution >= 0.6 is 34.9 Å². The molecule has 29 heavy (non-hydrogen) atoms. The number of likely N-dealkylation sites (N-methyl/N-ethyl adjacent to an activating group) is 1. The van der Waals surface area contributed by atoms with Crippen LogP contribution in [0.1, 0.15) is 24.2 Å². The van der Waals surface area contributed by atoms with Crippen molar-refractivity contribution in [2.45, 2.75) is 23.6 Å². The van der Waals surface area contributed by atoms with E-state index in [1.54, 1.807) is 34.9 Å². The Bertz CT molecular complexity index is 952. The molecule has 4 nitrogen and oxygen atoms in total. The van der Waals surface area contributed by atoms with Crippen LogP contribution in [-0.4, -0.2) is 54.5 Å². The van der Waals surface area contributed by atoms with Gasteiger partial charge in [-0.1, -0.05) is 31.3 Å². The molecule has 1 heterocycles. The molecule has 0 fully saturated rings. The molecule has 0 unspecified atom stereocenters. The van der Waals surface area contributed by atoms with Crippen LogP contribution in [0.3, 0.4) is 0 Å². The van der Waals surface area contributed by atoms with E-state index in [0.717, 1.165) is 44.8 Å². The first-order valence-corrected chi connectivity index (χ1v) is 13.0. The second kappa shape index (κ2) is 10.5. The zero-order valence-electron chi connectivity index (χ0n) is 17.3. The predicted molar refractivity (Wildman–Crippen MR) is 129 cm³/mol. The van der Waals surface area contributed by atoms with Crippen molar-refractivity contribution in [3.63, 3.8) is 0 Å². The second-order valence-electron chi connectivity index (χ2n) is 6.52. The Morgan fingerprint density at radius 1 is 1.00 bits per heavy atom. The van der Waals surface area contributed by atoms with E-state index in [9.17, 15) is 4.79 Å². The van der Waals surface area contributed by atoms with Crippen LogP contribution in [-0.2, 0) is 0 Å². The van der Waals surface area contributed by atoms with Crippen LogP contribution in [0.2, 0.25) is 0 Å². The molecule has 0 radical (unpaired) electrons. The van der Waals surface area contributed by atoms with Gasteiger partial charge in [-0.25, -0.2) is 4.98 Å². The van der Waals surface area contributed by atoms with Crippen molar-refractivity contribution in [1.29, 1.82) is 0 Å². The molecule has 7 heteroatoms. The van der Waals surface area contributed by atoms with Crippen molar-refractivity contribution in [2.24, 2.45) is 0 Å². The number of fused-ring (bicyclic) bond motifs is 1. The largest absolute Gasteiger partial charge is 0.302 e. The molecular weight excluding hydrogens is 418 g/mol. The molecule has 0 spiro atoms. The molecule has 0 saturated carbocycles. The molecule has 0 N–H and O–H groups in total. The van der Waals surface area contributed by atoms with E-state index in [2.05, 4.69) is 43.2 Å². The van der Waals surface area contributed by atoms with Gasteiger partial charge in [0.15, 0.2) is 5.13 Å². The van der Waals surface area contributed by atoms with E-state index < -0.39 is 0 Å². The van der Waals surface area contributed by atoms with Gasteiger partial charge in [0.2, 0.25) is 0 Å². The highest BCUT2D eigenvalue weighted by molar-refractivity contribution is 7.99. The SMILES string of the molecule is CCN(CC)CCN(C(=O)c1ccc(SC)cc1)c1nc2c(SC)cccc2s1. The Morgan fingerprint density at radius 3 is 2.34 bits per heavy atom. The number of hydrogen-bond acceptors (Lipinski definition) is 6. The maximum atomic E-state index is 13.4. The van der Waals surface area contributed by atoms with Crippen molar-refractivity contribution in [3.8, 4) is 0 Å². The molecule has 0 aliphatic carbocycles. The van der Waals surface area contributed by atoms with Crippen molar-refractivity contribution in [3.05, 3.63) is 48.0 Å². The van der Waals surface area contributed by atoms with E-state index in [4.69, 9.17) is 4.98 Å². The smallest absolute Gasteiger partial charge is 0.260 e. The van der Waals surface area contributed by atoms with Crippen molar-refractivity contribution < 1.29 is 4.79 Å². The Balaban J connectivity index is 1.96. The number of anilines is 1. The van der Waals surface area contributed by atoms with Gasteiger partial charge in [0.25, 0.3) is 5.91 Å². The summed E-state index contributed by atoms with van der Waals surface area (Å²) >= 11 is 4.96. The fourth-order valence-corrected chi connectivity index (χ4v) is 5.20. The van der Waals surface area contributed by atoms with E-state index in [1.807, 2.05) is 35.4 Å². The lowest BCUT2D eigenvalue weighted by Crippen LogP contribution is -2.38. The summed E-state index contributed by atoms with van der Waals surface area (Å²) in [6.07, 6.45) is 4.10. The lowest BCUT2D eigenvalue weighted by molar-refractivity contribution is 0.0983. The van der Waals surface area contributed by atoms with Crippen molar-refractivity contribution >= 4 is 56.1 Å². The predicted octanol–water partition coefficient (Wildman–Crippen LogP) is 5.73. The van der Waals surface area contributed by atoms with Gasteiger partial charge in [-0.15, -0.1) is 23.5 Å². The number of hydrogen-bond donors (Lipinski definition) is 0. The van der Waals surface area contributed by atoms with Gasteiger partial charge in [-0.05, 0) is 62.0 Å². The number of nitrogens with zero attached hydrogens (tertiary/aromatic N) is 3. The number of amides is 1. The van der Waals surface area contributed by atoms with Crippen LogP contribution < -0.4 is 4.90 Å². The average Bonchev–Trinajstić information content (AvgIpc) is 3.20. The number of benzene rings is 2. The van der Waals surface area contributed by atoms with Gasteiger partial charge in [0, 0.05) is 28.4 Å². The summed E-state index contributed by atoms with van der Waals surface area (Å²) in [5, 5.41) is 0.771. The molecule has 0 aliphatic heterocycles. The Morgan fingerprint density at radius 2 is 1.72 bits per heavy atom. The summed E-state index contributed by atoms with van der Waals surface area (Å²) in [4.78, 5) is 24.8. The zero-order valence-corrected chi connectivity index (χ0v) is 19.8. The highest BCUT2D eigenvalue weighted by Crippen LogP contribution is 2.34. The minimum atomic E-state index is 0.00886. The monoisotopic (exact) mass is 445 g/mol. The van der Waals surface area contributed by atoms with E-state index in [1.165, 1.54) is 0 Å². The number of para-hydroxylation sites is 1. The average molecular weight is 446 g/mol. The van der Waals surface area contributed by atoms with Crippen LogP contribution in [0.15, 0.2) is 52.3 Å². The summed E-state index contributed by atoms with van der Waals surface area (Å²) in [6.45, 7) is 7.69. The molecule has 1 amide bonds. The summed E-state index contributed by atoms with van der Waals surface area (Å²) < 4.78 is 1.12. The fraction of sp³-hybridized carbons (Fsp3) is 0.364. The topological polar surface area (TPSA) is 36.4 Å². The molecule has 0 atom stereocenters. The van der Waals surface area contributed by atoms with Crippen LogP contribution in [0, 0.1) is 0 Å². The fourth-order valence-electron chi connectivity index (χ4n) is 3.15. The van der Waals surface area contributed by atoms with E-state index >= 15 is 0 Å². The van der Waals surface area contributed by atoms with Crippen LogP contribution in [0.5, 0.6) is 0 Å².